The molecule has 0 aliphatic rings. The van der Waals surface area contributed by atoms with E-state index >= 15 is 0 Å². The quantitative estimate of drug-likeness (QED) is 0.574. The number of aromatic amines is 1. The van der Waals surface area contributed by atoms with Gasteiger partial charge in [-0.05, 0) is 37.0 Å². The SMILES string of the molecule is CCOC(=O)c1[nH]c2cc(COC(C)=O)ccc2c1CCCC(=O)OC. The highest BCUT2D eigenvalue weighted by molar-refractivity contribution is 5.98. The number of carbonyl (C=O) groups is 3. The highest BCUT2D eigenvalue weighted by atomic mass is 16.5. The molecule has 0 bridgehead atoms. The van der Waals surface area contributed by atoms with Gasteiger partial charge in [0.15, 0.2) is 0 Å². The van der Waals surface area contributed by atoms with Crippen LogP contribution in [0.5, 0.6) is 0 Å². The lowest BCUT2D eigenvalue weighted by atomic mass is 10.0. The van der Waals surface area contributed by atoms with Gasteiger partial charge in [-0.2, -0.15) is 0 Å². The Morgan fingerprint density at radius 2 is 1.92 bits per heavy atom. The summed E-state index contributed by atoms with van der Waals surface area (Å²) in [6.07, 6.45) is 1.36. The highest BCUT2D eigenvalue weighted by Gasteiger charge is 2.19. The number of benzene rings is 1. The maximum absolute atomic E-state index is 12.3. The Bertz CT molecular complexity index is 808. The third-order valence-electron chi connectivity index (χ3n) is 3.93. The molecule has 1 aromatic carbocycles. The summed E-state index contributed by atoms with van der Waals surface area (Å²) < 4.78 is 14.8. The van der Waals surface area contributed by atoms with Crippen LogP contribution in [-0.4, -0.2) is 36.6 Å². The first-order valence-electron chi connectivity index (χ1n) is 8.47. The Morgan fingerprint density at radius 3 is 2.58 bits per heavy atom. The summed E-state index contributed by atoms with van der Waals surface area (Å²) in [6, 6.07) is 5.56. The molecule has 0 spiro atoms. The highest BCUT2D eigenvalue weighted by Crippen LogP contribution is 2.26. The molecule has 0 amide bonds. The van der Waals surface area contributed by atoms with Gasteiger partial charge in [0.2, 0.25) is 0 Å². The van der Waals surface area contributed by atoms with Crippen LogP contribution in [0.15, 0.2) is 18.2 Å². The van der Waals surface area contributed by atoms with E-state index in [-0.39, 0.29) is 31.6 Å². The van der Waals surface area contributed by atoms with E-state index in [9.17, 15) is 14.4 Å². The van der Waals surface area contributed by atoms with E-state index in [1.165, 1.54) is 14.0 Å². The number of fused-ring (bicyclic) bond motifs is 1. The number of nitrogens with one attached hydrogen (secondary N) is 1. The minimum absolute atomic E-state index is 0.163. The number of hydrogen-bond donors (Lipinski definition) is 1. The van der Waals surface area contributed by atoms with E-state index in [1.807, 2.05) is 18.2 Å². The standard InChI is InChI=1S/C19H23NO6/c1-4-25-19(23)18-15(6-5-7-17(22)24-3)14-9-8-13(10-16(14)20-18)11-26-12(2)21/h8-10,20H,4-7,11H2,1-3H3. The molecule has 1 heterocycles. The zero-order chi connectivity index (χ0) is 19.1. The molecule has 1 N–H and O–H groups in total. The first kappa shape index (κ1) is 19.5. The molecule has 0 radical (unpaired) electrons. The van der Waals surface area contributed by atoms with Crippen molar-refractivity contribution in [1.29, 1.82) is 0 Å². The van der Waals surface area contributed by atoms with Gasteiger partial charge < -0.3 is 19.2 Å². The summed E-state index contributed by atoms with van der Waals surface area (Å²) in [6.45, 7) is 3.53. The maximum Gasteiger partial charge on any atom is 0.355 e. The van der Waals surface area contributed by atoms with Crippen molar-refractivity contribution < 1.29 is 28.6 Å². The van der Waals surface area contributed by atoms with E-state index in [0.717, 1.165) is 22.0 Å². The van der Waals surface area contributed by atoms with Gasteiger partial charge in [-0.25, -0.2) is 4.79 Å². The summed E-state index contributed by atoms with van der Waals surface area (Å²) in [5, 5.41) is 0.879. The van der Waals surface area contributed by atoms with Crippen LogP contribution in [0.3, 0.4) is 0 Å². The second-order valence-electron chi connectivity index (χ2n) is 5.79. The largest absolute Gasteiger partial charge is 0.469 e. The van der Waals surface area contributed by atoms with Gasteiger partial charge in [-0.15, -0.1) is 0 Å². The van der Waals surface area contributed by atoms with Crippen LogP contribution >= 0.6 is 0 Å². The Hall–Kier alpha value is -2.83. The molecule has 1 aromatic heterocycles. The third-order valence-corrected chi connectivity index (χ3v) is 3.93. The molecular formula is C19H23NO6. The van der Waals surface area contributed by atoms with Crippen molar-refractivity contribution in [2.45, 2.75) is 39.7 Å². The first-order valence-corrected chi connectivity index (χ1v) is 8.47. The lowest BCUT2D eigenvalue weighted by molar-refractivity contribution is -0.142. The molecule has 7 nitrogen and oxygen atoms in total. The van der Waals surface area contributed by atoms with Gasteiger partial charge >= 0.3 is 17.9 Å². The van der Waals surface area contributed by atoms with Crippen LogP contribution in [0.4, 0.5) is 0 Å². The van der Waals surface area contributed by atoms with Crippen molar-refractivity contribution in [3.05, 3.63) is 35.0 Å². The molecule has 7 heteroatoms. The van der Waals surface area contributed by atoms with Crippen molar-refractivity contribution in [3.63, 3.8) is 0 Å². The van der Waals surface area contributed by atoms with Crippen molar-refractivity contribution in [2.75, 3.05) is 13.7 Å². The van der Waals surface area contributed by atoms with Crippen LogP contribution < -0.4 is 0 Å². The normalized spacial score (nSPS) is 10.6. The molecule has 2 aromatic rings. The number of aromatic nitrogens is 1. The van der Waals surface area contributed by atoms with Crippen molar-refractivity contribution in [2.24, 2.45) is 0 Å². The van der Waals surface area contributed by atoms with Gasteiger partial charge in [0, 0.05) is 24.2 Å². The number of ether oxygens (including phenoxy) is 3. The fourth-order valence-corrected chi connectivity index (χ4v) is 2.73. The lowest BCUT2D eigenvalue weighted by Crippen LogP contribution is -2.08. The van der Waals surface area contributed by atoms with Gasteiger partial charge in [0.1, 0.15) is 12.3 Å². The summed E-state index contributed by atoms with van der Waals surface area (Å²) in [5.74, 6) is -1.07. The Balaban J connectivity index is 2.31. The number of H-pyrrole nitrogens is 1. The molecule has 0 unspecified atom stereocenters. The average molecular weight is 361 g/mol. The Morgan fingerprint density at radius 1 is 1.15 bits per heavy atom. The van der Waals surface area contributed by atoms with Gasteiger partial charge in [0.05, 0.1) is 13.7 Å². The van der Waals surface area contributed by atoms with Crippen molar-refractivity contribution in [1.82, 2.24) is 4.98 Å². The summed E-state index contributed by atoms with van der Waals surface area (Å²) in [4.78, 5) is 37.7. The predicted molar refractivity (Wildman–Crippen MR) is 94.7 cm³/mol. The molecule has 2 rings (SSSR count). The minimum atomic E-state index is -0.432. The topological polar surface area (TPSA) is 94.7 Å². The van der Waals surface area contributed by atoms with Crippen molar-refractivity contribution in [3.8, 4) is 0 Å². The predicted octanol–water partition coefficient (Wildman–Crippen LogP) is 2.90. The smallest absolute Gasteiger partial charge is 0.355 e. The number of carbonyl (C=O) groups excluding carboxylic acids is 3. The van der Waals surface area contributed by atoms with E-state index in [0.29, 0.717) is 18.5 Å². The molecule has 0 saturated heterocycles. The van der Waals surface area contributed by atoms with E-state index in [4.69, 9.17) is 9.47 Å². The van der Waals surface area contributed by atoms with Crippen molar-refractivity contribution >= 4 is 28.8 Å². The molecule has 0 atom stereocenters. The second-order valence-corrected chi connectivity index (χ2v) is 5.79. The Kier molecular flexibility index (Phi) is 6.77. The molecular weight excluding hydrogens is 338 g/mol. The second kappa shape index (κ2) is 9.03. The lowest BCUT2D eigenvalue weighted by Gasteiger charge is -2.05. The minimum Gasteiger partial charge on any atom is -0.469 e. The summed E-state index contributed by atoms with van der Waals surface area (Å²) >= 11 is 0. The monoisotopic (exact) mass is 361 g/mol. The number of rotatable bonds is 8. The van der Waals surface area contributed by atoms with Gasteiger partial charge in [-0.3, -0.25) is 9.59 Å². The number of methoxy groups -OCH3 is 1. The zero-order valence-corrected chi connectivity index (χ0v) is 15.2. The fraction of sp³-hybridized carbons (Fsp3) is 0.421. The molecule has 26 heavy (non-hydrogen) atoms. The Labute approximate surface area is 151 Å². The van der Waals surface area contributed by atoms with Gasteiger partial charge in [-0.1, -0.05) is 12.1 Å². The van der Waals surface area contributed by atoms with Crippen LogP contribution in [-0.2, 0) is 36.8 Å². The number of esters is 3. The third kappa shape index (κ3) is 4.84. The maximum atomic E-state index is 12.3. The van der Waals surface area contributed by atoms with Crippen LogP contribution in [0, 0.1) is 0 Å². The van der Waals surface area contributed by atoms with E-state index in [2.05, 4.69) is 9.72 Å². The fourth-order valence-electron chi connectivity index (χ4n) is 2.73. The average Bonchev–Trinajstić information content (AvgIpc) is 2.98. The first-order chi connectivity index (χ1) is 12.5. The molecule has 0 aliphatic heterocycles. The van der Waals surface area contributed by atoms with Crippen LogP contribution in [0.1, 0.15) is 48.3 Å². The number of hydrogen-bond acceptors (Lipinski definition) is 6. The molecule has 0 aliphatic carbocycles. The zero-order valence-electron chi connectivity index (χ0n) is 15.2. The summed E-state index contributed by atoms with van der Waals surface area (Å²) in [7, 11) is 1.35. The van der Waals surface area contributed by atoms with Crippen LogP contribution in [0.2, 0.25) is 0 Å². The van der Waals surface area contributed by atoms with Gasteiger partial charge in [0.25, 0.3) is 0 Å². The molecule has 140 valence electrons. The molecule has 0 saturated carbocycles. The van der Waals surface area contributed by atoms with Crippen LogP contribution in [0.25, 0.3) is 10.9 Å². The molecule has 0 fully saturated rings. The van der Waals surface area contributed by atoms with E-state index < -0.39 is 5.97 Å². The number of aryl methyl sites for hydroxylation is 1. The van der Waals surface area contributed by atoms with E-state index in [1.54, 1.807) is 6.92 Å². The summed E-state index contributed by atoms with van der Waals surface area (Å²) in [5.41, 5.74) is 2.76.